The second kappa shape index (κ2) is 8.61. The fourth-order valence-electron chi connectivity index (χ4n) is 2.66. The largest absolute Gasteiger partial charge is 0.497 e. The summed E-state index contributed by atoms with van der Waals surface area (Å²) in [6.45, 7) is 8.60. The first-order valence-electron chi connectivity index (χ1n) is 8.73. The quantitative estimate of drug-likeness (QED) is 0.708. The van der Waals surface area contributed by atoms with E-state index in [1.54, 1.807) is 7.11 Å². The Labute approximate surface area is 155 Å². The van der Waals surface area contributed by atoms with E-state index in [2.05, 4.69) is 10.6 Å². The molecular weight excluding hydrogens is 328 g/mol. The third-order valence-electron chi connectivity index (χ3n) is 4.16. The Kier molecular flexibility index (Phi) is 6.50. The van der Waals surface area contributed by atoms with Gasteiger partial charge in [0.1, 0.15) is 23.6 Å². The SMILES string of the molecule is COc1ccc(NC(C)(C)C(=O)NCCOc2c(C)cccc2C)cc1. The lowest BCUT2D eigenvalue weighted by Gasteiger charge is -2.26. The number of anilines is 1. The zero-order valence-corrected chi connectivity index (χ0v) is 16.2. The number of methoxy groups -OCH3 is 1. The van der Waals surface area contributed by atoms with Crippen LogP contribution < -0.4 is 20.1 Å². The van der Waals surface area contributed by atoms with Gasteiger partial charge in [-0.15, -0.1) is 0 Å². The van der Waals surface area contributed by atoms with Crippen LogP contribution in [0.5, 0.6) is 11.5 Å². The lowest BCUT2D eigenvalue weighted by atomic mass is 10.0. The van der Waals surface area contributed by atoms with Crippen molar-refractivity contribution in [1.82, 2.24) is 5.32 Å². The molecule has 0 aliphatic rings. The zero-order chi connectivity index (χ0) is 19.2. The summed E-state index contributed by atoms with van der Waals surface area (Å²) in [4.78, 5) is 12.5. The molecule has 0 saturated carbocycles. The minimum atomic E-state index is -0.743. The molecule has 26 heavy (non-hydrogen) atoms. The van der Waals surface area contributed by atoms with Crippen molar-refractivity contribution in [3.05, 3.63) is 53.6 Å². The van der Waals surface area contributed by atoms with Crippen molar-refractivity contribution in [2.75, 3.05) is 25.6 Å². The van der Waals surface area contributed by atoms with E-state index < -0.39 is 5.54 Å². The molecule has 0 fully saturated rings. The molecule has 0 heterocycles. The number of ether oxygens (including phenoxy) is 2. The average Bonchev–Trinajstić information content (AvgIpc) is 2.60. The Morgan fingerprint density at radius 1 is 1.04 bits per heavy atom. The highest BCUT2D eigenvalue weighted by atomic mass is 16.5. The molecule has 0 aromatic heterocycles. The molecule has 0 aliphatic heterocycles. The van der Waals surface area contributed by atoms with Crippen LogP contribution in [0.25, 0.3) is 0 Å². The minimum Gasteiger partial charge on any atom is -0.497 e. The molecule has 0 bridgehead atoms. The molecule has 2 aromatic rings. The molecule has 0 saturated heterocycles. The summed E-state index contributed by atoms with van der Waals surface area (Å²) in [6.07, 6.45) is 0. The molecule has 0 unspecified atom stereocenters. The fraction of sp³-hybridized carbons (Fsp3) is 0.381. The molecule has 1 amide bonds. The Morgan fingerprint density at radius 2 is 1.65 bits per heavy atom. The average molecular weight is 356 g/mol. The lowest BCUT2D eigenvalue weighted by Crippen LogP contribution is -2.48. The number of nitrogens with one attached hydrogen (secondary N) is 2. The molecule has 2 N–H and O–H groups in total. The maximum Gasteiger partial charge on any atom is 0.245 e. The third kappa shape index (κ3) is 5.15. The van der Waals surface area contributed by atoms with Crippen LogP contribution in [-0.4, -0.2) is 31.7 Å². The fourth-order valence-corrected chi connectivity index (χ4v) is 2.66. The topological polar surface area (TPSA) is 59.6 Å². The van der Waals surface area contributed by atoms with Crippen molar-refractivity contribution in [2.45, 2.75) is 33.2 Å². The summed E-state index contributed by atoms with van der Waals surface area (Å²) < 4.78 is 11.0. The summed E-state index contributed by atoms with van der Waals surface area (Å²) >= 11 is 0. The van der Waals surface area contributed by atoms with E-state index in [-0.39, 0.29) is 5.91 Å². The zero-order valence-electron chi connectivity index (χ0n) is 16.2. The van der Waals surface area contributed by atoms with Crippen LogP contribution in [0.15, 0.2) is 42.5 Å². The number of hydrogen-bond acceptors (Lipinski definition) is 4. The summed E-state index contributed by atoms with van der Waals surface area (Å²) in [5.74, 6) is 1.58. The van der Waals surface area contributed by atoms with Gasteiger partial charge in [-0.1, -0.05) is 18.2 Å². The van der Waals surface area contributed by atoms with E-state index in [1.165, 1.54) is 0 Å². The number of carbonyl (C=O) groups excluding carboxylic acids is 1. The molecule has 2 rings (SSSR count). The first-order chi connectivity index (χ1) is 12.3. The van der Waals surface area contributed by atoms with Crippen molar-refractivity contribution >= 4 is 11.6 Å². The molecule has 0 atom stereocenters. The summed E-state index contributed by atoms with van der Waals surface area (Å²) in [7, 11) is 1.63. The second-order valence-corrected chi connectivity index (χ2v) is 6.80. The maximum atomic E-state index is 12.5. The lowest BCUT2D eigenvalue weighted by molar-refractivity contribution is -0.124. The van der Waals surface area contributed by atoms with E-state index in [0.29, 0.717) is 13.2 Å². The van der Waals surface area contributed by atoms with Crippen molar-refractivity contribution in [3.8, 4) is 11.5 Å². The van der Waals surface area contributed by atoms with Gasteiger partial charge in [0.05, 0.1) is 13.7 Å². The van der Waals surface area contributed by atoms with Crippen molar-refractivity contribution in [1.29, 1.82) is 0 Å². The van der Waals surface area contributed by atoms with Crippen molar-refractivity contribution < 1.29 is 14.3 Å². The van der Waals surface area contributed by atoms with Crippen LogP contribution >= 0.6 is 0 Å². The highest BCUT2D eigenvalue weighted by Crippen LogP contribution is 2.22. The molecular formula is C21H28N2O3. The van der Waals surface area contributed by atoms with Gasteiger partial charge in [0.2, 0.25) is 5.91 Å². The van der Waals surface area contributed by atoms with Gasteiger partial charge in [0.25, 0.3) is 0 Å². The predicted octanol–water partition coefficient (Wildman–Crippen LogP) is 3.70. The van der Waals surface area contributed by atoms with Crippen LogP contribution in [0.2, 0.25) is 0 Å². The Balaban J connectivity index is 1.83. The van der Waals surface area contributed by atoms with Gasteiger partial charge in [-0.2, -0.15) is 0 Å². The summed E-state index contributed by atoms with van der Waals surface area (Å²) in [6, 6.07) is 13.5. The molecule has 0 radical (unpaired) electrons. The van der Waals surface area contributed by atoms with E-state index in [9.17, 15) is 4.79 Å². The number of carbonyl (C=O) groups is 1. The van der Waals surface area contributed by atoms with Gasteiger partial charge in [0, 0.05) is 5.69 Å². The number of hydrogen-bond donors (Lipinski definition) is 2. The van der Waals surface area contributed by atoms with Crippen LogP contribution in [0.1, 0.15) is 25.0 Å². The second-order valence-electron chi connectivity index (χ2n) is 6.80. The monoisotopic (exact) mass is 356 g/mol. The number of benzene rings is 2. The van der Waals surface area contributed by atoms with Crippen molar-refractivity contribution in [2.24, 2.45) is 0 Å². The van der Waals surface area contributed by atoms with Crippen LogP contribution in [0, 0.1) is 13.8 Å². The molecule has 140 valence electrons. The molecule has 5 nitrogen and oxygen atoms in total. The highest BCUT2D eigenvalue weighted by Gasteiger charge is 2.27. The van der Waals surface area contributed by atoms with Gasteiger partial charge in [0.15, 0.2) is 0 Å². The van der Waals surface area contributed by atoms with Crippen LogP contribution in [0.4, 0.5) is 5.69 Å². The number of amides is 1. The van der Waals surface area contributed by atoms with Gasteiger partial charge < -0.3 is 20.1 Å². The Hall–Kier alpha value is -2.69. The molecule has 0 aliphatic carbocycles. The molecule has 2 aromatic carbocycles. The van der Waals surface area contributed by atoms with E-state index in [1.807, 2.05) is 70.2 Å². The van der Waals surface area contributed by atoms with Gasteiger partial charge in [-0.05, 0) is 63.1 Å². The number of para-hydroxylation sites is 1. The molecule has 5 heteroatoms. The summed E-state index contributed by atoms with van der Waals surface area (Å²) in [5, 5.41) is 6.16. The standard InChI is InChI=1S/C21H28N2O3/c1-15-7-6-8-16(2)19(15)26-14-13-22-20(24)21(3,4)23-17-9-11-18(25-5)12-10-17/h6-12,23H,13-14H2,1-5H3,(H,22,24). The van der Waals surface area contributed by atoms with Crippen LogP contribution in [0.3, 0.4) is 0 Å². The summed E-state index contributed by atoms with van der Waals surface area (Å²) in [5.41, 5.74) is 2.31. The minimum absolute atomic E-state index is 0.0848. The molecule has 0 spiro atoms. The van der Waals surface area contributed by atoms with Gasteiger partial charge in [-0.3, -0.25) is 4.79 Å². The van der Waals surface area contributed by atoms with Gasteiger partial charge >= 0.3 is 0 Å². The third-order valence-corrected chi connectivity index (χ3v) is 4.16. The first kappa shape index (κ1) is 19.6. The van der Waals surface area contributed by atoms with Crippen LogP contribution in [-0.2, 0) is 4.79 Å². The maximum absolute atomic E-state index is 12.5. The van der Waals surface area contributed by atoms with E-state index >= 15 is 0 Å². The smallest absolute Gasteiger partial charge is 0.245 e. The van der Waals surface area contributed by atoms with Crippen molar-refractivity contribution in [3.63, 3.8) is 0 Å². The number of aryl methyl sites for hydroxylation is 2. The Morgan fingerprint density at radius 3 is 2.23 bits per heavy atom. The van der Waals surface area contributed by atoms with Gasteiger partial charge in [-0.25, -0.2) is 0 Å². The predicted molar refractivity (Wildman–Crippen MR) is 105 cm³/mol. The highest BCUT2D eigenvalue weighted by molar-refractivity contribution is 5.88. The first-order valence-corrected chi connectivity index (χ1v) is 8.73. The normalized spacial score (nSPS) is 11.0. The van der Waals surface area contributed by atoms with E-state index in [0.717, 1.165) is 28.3 Å². The Bertz CT molecular complexity index is 719. The van der Waals surface area contributed by atoms with E-state index in [4.69, 9.17) is 9.47 Å². The number of rotatable bonds is 8.